The van der Waals surface area contributed by atoms with E-state index >= 15 is 0 Å². The summed E-state index contributed by atoms with van der Waals surface area (Å²) in [7, 11) is -1.77. The fourth-order valence-electron chi connectivity index (χ4n) is 1.99. The minimum atomic E-state index is -4.65. The van der Waals surface area contributed by atoms with Gasteiger partial charge in [0.25, 0.3) is 0 Å². The van der Waals surface area contributed by atoms with E-state index in [1.807, 2.05) is 0 Å². The maximum Gasteiger partial charge on any atom is 0.400 e. The van der Waals surface area contributed by atoms with Gasteiger partial charge in [0.2, 0.25) is 0 Å². The lowest BCUT2D eigenvalue weighted by Crippen LogP contribution is -2.46. The summed E-state index contributed by atoms with van der Waals surface area (Å²) in [5, 5.41) is 10.8. The fraction of sp³-hybridized carbons (Fsp3) is 0.889. The first kappa shape index (κ1) is 16.0. The summed E-state index contributed by atoms with van der Waals surface area (Å²) in [6.45, 7) is -0.542. The third-order valence-electron chi connectivity index (χ3n) is 3.17. The molecule has 6 nitrogen and oxygen atoms in total. The highest BCUT2D eigenvalue weighted by Crippen LogP contribution is 2.28. The Labute approximate surface area is 109 Å². The lowest BCUT2D eigenvalue weighted by atomic mass is 10.1. The van der Waals surface area contributed by atoms with Crippen LogP contribution < -0.4 is 5.73 Å². The van der Waals surface area contributed by atoms with Crippen molar-refractivity contribution >= 4 is 15.7 Å². The molecule has 0 aliphatic carbocycles. The lowest BCUT2D eigenvalue weighted by molar-refractivity contribution is -0.160. The molecule has 0 spiro atoms. The second-order valence-electron chi connectivity index (χ2n) is 4.62. The van der Waals surface area contributed by atoms with Gasteiger partial charge in [-0.25, -0.2) is 8.42 Å². The summed E-state index contributed by atoms with van der Waals surface area (Å²) < 4.78 is 60.8. The summed E-state index contributed by atoms with van der Waals surface area (Å²) in [6.07, 6.45) is -4.36. The molecule has 1 aliphatic heterocycles. The zero-order chi connectivity index (χ0) is 14.8. The van der Waals surface area contributed by atoms with Crippen LogP contribution in [-0.4, -0.2) is 61.7 Å². The molecule has 2 unspecified atom stereocenters. The lowest BCUT2D eigenvalue weighted by Gasteiger charge is -2.28. The largest absolute Gasteiger partial charge is 0.409 e. The summed E-state index contributed by atoms with van der Waals surface area (Å²) in [4.78, 5) is 1.29. The van der Waals surface area contributed by atoms with Gasteiger partial charge in [-0.2, -0.15) is 13.2 Å². The molecule has 3 N–H and O–H groups in total. The van der Waals surface area contributed by atoms with Crippen LogP contribution in [0.15, 0.2) is 5.16 Å². The average molecular weight is 303 g/mol. The quantitative estimate of drug-likeness (QED) is 0.331. The summed E-state index contributed by atoms with van der Waals surface area (Å²) in [5.41, 5.74) is 5.04. The van der Waals surface area contributed by atoms with Crippen LogP contribution in [-0.2, 0) is 9.84 Å². The summed E-state index contributed by atoms with van der Waals surface area (Å²) in [5.74, 6) is -3.24. The molecule has 0 aromatic rings. The van der Waals surface area contributed by atoms with Crippen LogP contribution in [0.1, 0.15) is 6.42 Å². The molecule has 2 atom stereocenters. The molecule has 0 saturated carbocycles. The number of nitrogens with two attached hydrogens (primary N) is 1. The molecule has 1 fully saturated rings. The minimum absolute atomic E-state index is 0.0255. The Morgan fingerprint density at radius 3 is 2.53 bits per heavy atom. The Kier molecular flexibility index (Phi) is 4.67. The smallest absolute Gasteiger partial charge is 0.400 e. The van der Waals surface area contributed by atoms with E-state index in [2.05, 4.69) is 5.16 Å². The Morgan fingerprint density at radius 1 is 1.58 bits per heavy atom. The van der Waals surface area contributed by atoms with Gasteiger partial charge in [0, 0.05) is 12.6 Å². The zero-order valence-corrected chi connectivity index (χ0v) is 11.1. The third kappa shape index (κ3) is 4.23. The second kappa shape index (κ2) is 5.53. The molecular weight excluding hydrogens is 287 g/mol. The fourth-order valence-corrected chi connectivity index (χ4v) is 3.80. The van der Waals surface area contributed by atoms with Gasteiger partial charge in [-0.05, 0) is 13.5 Å². The number of oxime groups is 1. The number of halogens is 3. The number of hydrogen-bond donors (Lipinski definition) is 2. The molecule has 1 saturated heterocycles. The molecular formula is C9H16F3N3O3S. The predicted octanol–water partition coefficient (Wildman–Crippen LogP) is 0.0302. The van der Waals surface area contributed by atoms with Gasteiger partial charge in [0.1, 0.15) is 5.92 Å². The van der Waals surface area contributed by atoms with Crippen molar-refractivity contribution in [2.45, 2.75) is 18.6 Å². The van der Waals surface area contributed by atoms with Crippen LogP contribution in [0.4, 0.5) is 13.2 Å². The first-order valence-electron chi connectivity index (χ1n) is 5.51. The van der Waals surface area contributed by atoms with Crippen molar-refractivity contribution in [1.82, 2.24) is 4.90 Å². The Balaban J connectivity index is 2.75. The highest BCUT2D eigenvalue weighted by atomic mass is 32.2. The van der Waals surface area contributed by atoms with E-state index in [9.17, 15) is 21.6 Å². The first-order valence-corrected chi connectivity index (χ1v) is 7.34. The molecule has 0 amide bonds. The molecule has 0 aromatic heterocycles. The Hall–Kier alpha value is -1.03. The number of alkyl halides is 3. The number of hydrogen-bond acceptors (Lipinski definition) is 5. The van der Waals surface area contributed by atoms with Crippen LogP contribution >= 0.6 is 0 Å². The number of amidine groups is 1. The number of rotatable bonds is 4. The van der Waals surface area contributed by atoms with Crippen LogP contribution in [0.5, 0.6) is 0 Å². The molecule has 1 aliphatic rings. The van der Waals surface area contributed by atoms with Gasteiger partial charge in [-0.15, -0.1) is 0 Å². The maximum absolute atomic E-state index is 12.7. The van der Waals surface area contributed by atoms with Crippen molar-refractivity contribution in [3.05, 3.63) is 0 Å². The highest BCUT2D eigenvalue weighted by Gasteiger charge is 2.44. The molecule has 0 aromatic carbocycles. The van der Waals surface area contributed by atoms with Crippen molar-refractivity contribution in [2.75, 3.05) is 25.1 Å². The van der Waals surface area contributed by atoms with Gasteiger partial charge < -0.3 is 15.8 Å². The van der Waals surface area contributed by atoms with E-state index in [-0.39, 0.29) is 11.5 Å². The zero-order valence-electron chi connectivity index (χ0n) is 10.3. The Morgan fingerprint density at radius 2 is 2.16 bits per heavy atom. The first-order chi connectivity index (χ1) is 8.57. The molecule has 112 valence electrons. The minimum Gasteiger partial charge on any atom is -0.409 e. The van der Waals surface area contributed by atoms with E-state index < -0.39 is 40.4 Å². The van der Waals surface area contributed by atoms with Crippen molar-refractivity contribution in [2.24, 2.45) is 16.8 Å². The van der Waals surface area contributed by atoms with Crippen molar-refractivity contribution < 1.29 is 26.8 Å². The van der Waals surface area contributed by atoms with Crippen LogP contribution in [0.3, 0.4) is 0 Å². The standard InChI is InChI=1S/C9H16F3N3O3S/c1-15(6-2-3-19(17,18)5-6)4-7(8(13)14-16)9(10,11)12/h6-7,16H,2-5H2,1H3,(H2,13,14). The maximum atomic E-state index is 12.7. The molecule has 0 radical (unpaired) electrons. The summed E-state index contributed by atoms with van der Waals surface area (Å²) >= 11 is 0. The summed E-state index contributed by atoms with van der Waals surface area (Å²) in [6, 6.07) is -0.471. The Bertz CT molecular complexity index is 449. The highest BCUT2D eigenvalue weighted by molar-refractivity contribution is 7.91. The predicted molar refractivity (Wildman–Crippen MR) is 62.6 cm³/mol. The van der Waals surface area contributed by atoms with Gasteiger partial charge in [0.15, 0.2) is 15.7 Å². The SMILES string of the molecule is CN(CC(C(N)=NO)C(F)(F)F)C1CCS(=O)(=O)C1. The number of sulfone groups is 1. The third-order valence-corrected chi connectivity index (χ3v) is 4.92. The van der Waals surface area contributed by atoms with Gasteiger partial charge in [-0.3, -0.25) is 0 Å². The average Bonchev–Trinajstić information content (AvgIpc) is 2.63. The van der Waals surface area contributed by atoms with Gasteiger partial charge >= 0.3 is 6.18 Å². The van der Waals surface area contributed by atoms with Crippen LogP contribution in [0.2, 0.25) is 0 Å². The second-order valence-corrected chi connectivity index (χ2v) is 6.84. The molecule has 1 heterocycles. The normalized spacial score (nSPS) is 25.7. The molecule has 0 bridgehead atoms. The van der Waals surface area contributed by atoms with Crippen molar-refractivity contribution in [1.29, 1.82) is 0 Å². The van der Waals surface area contributed by atoms with E-state index in [1.54, 1.807) is 0 Å². The van der Waals surface area contributed by atoms with E-state index in [1.165, 1.54) is 11.9 Å². The van der Waals surface area contributed by atoms with Crippen LogP contribution in [0.25, 0.3) is 0 Å². The molecule has 10 heteroatoms. The number of nitrogens with zero attached hydrogens (tertiary/aromatic N) is 2. The van der Waals surface area contributed by atoms with Crippen LogP contribution in [0, 0.1) is 5.92 Å². The van der Waals surface area contributed by atoms with Crippen molar-refractivity contribution in [3.63, 3.8) is 0 Å². The monoisotopic (exact) mass is 303 g/mol. The molecule has 19 heavy (non-hydrogen) atoms. The van der Waals surface area contributed by atoms with Crippen molar-refractivity contribution in [3.8, 4) is 0 Å². The topological polar surface area (TPSA) is 96.0 Å². The van der Waals surface area contributed by atoms with E-state index in [0.717, 1.165) is 0 Å². The van der Waals surface area contributed by atoms with E-state index in [4.69, 9.17) is 10.9 Å². The molecule has 1 rings (SSSR count). The van der Waals surface area contributed by atoms with Gasteiger partial charge in [-0.1, -0.05) is 5.16 Å². The van der Waals surface area contributed by atoms with Gasteiger partial charge in [0.05, 0.1) is 11.5 Å². The van der Waals surface area contributed by atoms with E-state index in [0.29, 0.717) is 6.42 Å².